The van der Waals surface area contributed by atoms with Gasteiger partial charge in [-0.1, -0.05) is 66.2 Å². The second-order valence-electron chi connectivity index (χ2n) is 7.76. The van der Waals surface area contributed by atoms with Crippen LogP contribution in [0.4, 0.5) is 0 Å². The van der Waals surface area contributed by atoms with Crippen LogP contribution < -0.4 is 4.74 Å². The van der Waals surface area contributed by atoms with E-state index in [0.717, 1.165) is 38.7 Å². The van der Waals surface area contributed by atoms with Gasteiger partial charge in [-0.15, -0.1) is 0 Å². The molecule has 4 nitrogen and oxygen atoms in total. The second kappa shape index (κ2) is 9.20. The van der Waals surface area contributed by atoms with Crippen molar-refractivity contribution in [1.29, 1.82) is 5.26 Å². The monoisotopic (exact) mass is 449 g/mol. The zero-order valence-electron chi connectivity index (χ0n) is 17.8. The second-order valence-corrected chi connectivity index (χ2v) is 8.19. The van der Waals surface area contributed by atoms with E-state index in [4.69, 9.17) is 16.3 Å². The predicted octanol–water partition coefficient (Wildman–Crippen LogP) is 7.03. The van der Waals surface area contributed by atoms with Crippen molar-refractivity contribution in [2.24, 2.45) is 0 Å². The van der Waals surface area contributed by atoms with Gasteiger partial charge >= 0.3 is 0 Å². The van der Waals surface area contributed by atoms with Crippen molar-refractivity contribution in [3.05, 3.63) is 113 Å². The van der Waals surface area contributed by atoms with Crippen LogP contribution in [0, 0.1) is 11.3 Å². The van der Waals surface area contributed by atoms with Crippen molar-refractivity contribution in [3.8, 4) is 11.8 Å². The van der Waals surface area contributed by atoms with Crippen LogP contribution in [-0.2, 0) is 13.2 Å². The number of aromatic nitrogens is 2. The van der Waals surface area contributed by atoms with Gasteiger partial charge < -0.3 is 9.30 Å². The lowest BCUT2D eigenvalue weighted by Crippen LogP contribution is -2.00. The van der Waals surface area contributed by atoms with E-state index in [9.17, 15) is 5.26 Å². The minimum absolute atomic E-state index is 0.407. The minimum Gasteiger partial charge on any atom is -0.488 e. The first-order valence-electron chi connectivity index (χ1n) is 10.6. The van der Waals surface area contributed by atoms with E-state index in [1.165, 1.54) is 0 Å². The summed E-state index contributed by atoms with van der Waals surface area (Å²) in [5, 5.41) is 12.8. The molecule has 0 saturated carbocycles. The molecule has 0 bridgehead atoms. The molecule has 5 heteroatoms. The number of para-hydroxylation sites is 2. The Labute approximate surface area is 196 Å². The molecule has 0 atom stereocenters. The predicted molar refractivity (Wildman–Crippen MR) is 133 cm³/mol. The first-order valence-corrected chi connectivity index (χ1v) is 11.0. The fourth-order valence-corrected chi connectivity index (χ4v) is 4.03. The van der Waals surface area contributed by atoms with Gasteiger partial charge in [0.1, 0.15) is 12.4 Å². The summed E-state index contributed by atoms with van der Waals surface area (Å²) in [6.07, 6.45) is 3.70. The third-order valence-electron chi connectivity index (χ3n) is 5.57. The molecule has 4 aromatic carbocycles. The lowest BCUT2D eigenvalue weighted by atomic mass is 10.0. The first kappa shape index (κ1) is 20.8. The van der Waals surface area contributed by atoms with Crippen LogP contribution in [0.25, 0.3) is 27.9 Å². The Morgan fingerprint density at radius 2 is 1.76 bits per heavy atom. The van der Waals surface area contributed by atoms with Crippen LogP contribution >= 0.6 is 11.6 Å². The number of nitrogens with zero attached hydrogens (tertiary/aromatic N) is 3. The largest absolute Gasteiger partial charge is 0.488 e. The van der Waals surface area contributed by atoms with E-state index in [1.54, 1.807) is 6.33 Å². The molecule has 0 aliphatic carbocycles. The average Bonchev–Trinajstić information content (AvgIpc) is 3.26. The lowest BCUT2D eigenvalue weighted by Gasteiger charge is -2.13. The molecule has 33 heavy (non-hydrogen) atoms. The Balaban J connectivity index is 1.53. The standard InChI is InChI=1S/C28H20ClN3O/c29-23-12-9-20(10-13-23)18-33-28-14-11-22-5-1-2-6-24(22)25(28)15-21(16-30)17-32-19-31-26-7-3-4-8-27(26)32/h1-15,19H,17-18H2/b21-15+. The topological polar surface area (TPSA) is 50.8 Å². The van der Waals surface area contributed by atoms with Crippen LogP contribution in [0.5, 0.6) is 5.75 Å². The smallest absolute Gasteiger partial charge is 0.127 e. The third-order valence-corrected chi connectivity index (χ3v) is 5.82. The van der Waals surface area contributed by atoms with Crippen molar-refractivity contribution in [1.82, 2.24) is 9.55 Å². The lowest BCUT2D eigenvalue weighted by molar-refractivity contribution is 0.306. The van der Waals surface area contributed by atoms with Gasteiger partial charge in [-0.25, -0.2) is 4.98 Å². The molecule has 1 aromatic heterocycles. The number of ether oxygens (including phenoxy) is 1. The average molecular weight is 450 g/mol. The normalized spacial score (nSPS) is 11.6. The van der Waals surface area contributed by atoms with Crippen LogP contribution in [0.1, 0.15) is 11.1 Å². The molecule has 160 valence electrons. The number of rotatable bonds is 6. The highest BCUT2D eigenvalue weighted by Crippen LogP contribution is 2.31. The highest BCUT2D eigenvalue weighted by atomic mass is 35.5. The maximum absolute atomic E-state index is 9.95. The molecular weight excluding hydrogens is 430 g/mol. The van der Waals surface area contributed by atoms with Gasteiger partial charge in [0.15, 0.2) is 0 Å². The fraction of sp³-hybridized carbons (Fsp3) is 0.0714. The highest BCUT2D eigenvalue weighted by molar-refractivity contribution is 6.30. The van der Waals surface area contributed by atoms with Crippen molar-refractivity contribution < 1.29 is 4.74 Å². The van der Waals surface area contributed by atoms with Crippen LogP contribution in [0.15, 0.2) is 96.8 Å². The van der Waals surface area contributed by atoms with E-state index < -0.39 is 0 Å². The molecule has 0 unspecified atom stereocenters. The van der Waals surface area contributed by atoms with Gasteiger partial charge in [0.05, 0.1) is 35.5 Å². The number of nitriles is 1. The summed E-state index contributed by atoms with van der Waals surface area (Å²) in [6.45, 7) is 0.835. The van der Waals surface area contributed by atoms with Gasteiger partial charge in [-0.3, -0.25) is 0 Å². The summed E-state index contributed by atoms with van der Waals surface area (Å²) in [5.41, 5.74) is 4.43. The SMILES string of the molecule is N#C/C(=C\c1c(OCc2ccc(Cl)cc2)ccc2ccccc12)Cn1cnc2ccccc21. The number of hydrogen-bond donors (Lipinski definition) is 0. The molecule has 5 aromatic rings. The Morgan fingerprint density at radius 1 is 0.970 bits per heavy atom. The molecule has 0 amide bonds. The van der Waals surface area contributed by atoms with Gasteiger partial charge in [-0.05, 0) is 52.7 Å². The molecule has 0 spiro atoms. The Kier molecular flexibility index (Phi) is 5.80. The Morgan fingerprint density at radius 3 is 2.61 bits per heavy atom. The van der Waals surface area contributed by atoms with Crippen molar-refractivity contribution in [3.63, 3.8) is 0 Å². The van der Waals surface area contributed by atoms with Crippen LogP contribution in [0.2, 0.25) is 5.02 Å². The van der Waals surface area contributed by atoms with Crippen LogP contribution in [-0.4, -0.2) is 9.55 Å². The van der Waals surface area contributed by atoms with E-state index in [0.29, 0.717) is 23.7 Å². The molecular formula is C28H20ClN3O. The third kappa shape index (κ3) is 4.45. The maximum atomic E-state index is 9.95. The summed E-state index contributed by atoms with van der Waals surface area (Å²) in [4.78, 5) is 4.44. The molecule has 0 fully saturated rings. The van der Waals surface area contributed by atoms with Crippen molar-refractivity contribution in [2.75, 3.05) is 0 Å². The summed E-state index contributed by atoms with van der Waals surface area (Å²) < 4.78 is 8.20. The summed E-state index contributed by atoms with van der Waals surface area (Å²) in [5.74, 6) is 0.729. The Hall–Kier alpha value is -4.07. The van der Waals surface area contributed by atoms with Crippen LogP contribution in [0.3, 0.4) is 0 Å². The number of hydrogen-bond acceptors (Lipinski definition) is 3. The van der Waals surface area contributed by atoms with Gasteiger partial charge in [0, 0.05) is 10.6 Å². The fourth-order valence-electron chi connectivity index (χ4n) is 3.90. The molecule has 0 aliphatic heterocycles. The highest BCUT2D eigenvalue weighted by Gasteiger charge is 2.11. The molecule has 1 heterocycles. The zero-order valence-corrected chi connectivity index (χ0v) is 18.5. The summed E-state index contributed by atoms with van der Waals surface area (Å²) in [7, 11) is 0. The number of benzene rings is 4. The number of halogens is 1. The zero-order chi connectivity index (χ0) is 22.6. The van der Waals surface area contributed by atoms with Gasteiger partial charge in [0.25, 0.3) is 0 Å². The van der Waals surface area contributed by atoms with Gasteiger partial charge in [-0.2, -0.15) is 5.26 Å². The van der Waals surface area contributed by atoms with E-state index >= 15 is 0 Å². The van der Waals surface area contributed by atoms with E-state index in [1.807, 2.05) is 83.4 Å². The van der Waals surface area contributed by atoms with Crippen molar-refractivity contribution in [2.45, 2.75) is 13.2 Å². The number of imidazole rings is 1. The quantitative estimate of drug-likeness (QED) is 0.261. The summed E-state index contributed by atoms with van der Waals surface area (Å²) in [6, 6.07) is 30.0. The molecule has 5 rings (SSSR count). The van der Waals surface area contributed by atoms with Crippen molar-refractivity contribution >= 4 is 39.5 Å². The molecule has 0 radical (unpaired) electrons. The molecule has 0 aliphatic rings. The van der Waals surface area contributed by atoms with Gasteiger partial charge in [0.2, 0.25) is 0 Å². The minimum atomic E-state index is 0.407. The van der Waals surface area contributed by atoms with E-state index in [2.05, 4.69) is 23.2 Å². The Bertz CT molecular complexity index is 1510. The number of allylic oxidation sites excluding steroid dienone is 1. The maximum Gasteiger partial charge on any atom is 0.127 e. The van der Waals surface area contributed by atoms with E-state index in [-0.39, 0.29) is 0 Å². The first-order chi connectivity index (χ1) is 16.2. The summed E-state index contributed by atoms with van der Waals surface area (Å²) >= 11 is 6.00. The molecule has 0 saturated heterocycles. The molecule has 0 N–H and O–H groups in total. The number of fused-ring (bicyclic) bond motifs is 2.